The van der Waals surface area contributed by atoms with Gasteiger partial charge in [-0.3, -0.25) is 4.79 Å². The summed E-state index contributed by atoms with van der Waals surface area (Å²) in [6.45, 7) is 0.149. The van der Waals surface area contributed by atoms with Gasteiger partial charge in [0.2, 0.25) is 12.7 Å². The first-order valence-electron chi connectivity index (χ1n) is 6.83. The number of rotatable bonds is 5. The normalized spacial score (nSPS) is 12.3. The molecular weight excluding hydrogens is 341 g/mol. The molecule has 0 aliphatic carbocycles. The molecule has 120 valence electrons. The van der Waals surface area contributed by atoms with Crippen molar-refractivity contribution in [2.24, 2.45) is 0 Å². The SMILES string of the molecule is O=C(CSCc1ccc(F)cc1)Nc1cc2c(cc1Cl)OCO2. The second-order valence-corrected chi connectivity index (χ2v) is 6.25. The van der Waals surface area contributed by atoms with Gasteiger partial charge in [-0.1, -0.05) is 23.7 Å². The van der Waals surface area contributed by atoms with E-state index in [0.717, 1.165) is 5.56 Å². The van der Waals surface area contributed by atoms with Crippen LogP contribution in [0.3, 0.4) is 0 Å². The number of thioether (sulfide) groups is 1. The fourth-order valence-corrected chi connectivity index (χ4v) is 3.03. The van der Waals surface area contributed by atoms with Gasteiger partial charge in [-0.05, 0) is 17.7 Å². The van der Waals surface area contributed by atoms with Crippen LogP contribution in [0.2, 0.25) is 5.02 Å². The van der Waals surface area contributed by atoms with Gasteiger partial charge in [-0.25, -0.2) is 4.39 Å². The van der Waals surface area contributed by atoms with Gasteiger partial charge < -0.3 is 14.8 Å². The zero-order valence-electron chi connectivity index (χ0n) is 12.0. The highest BCUT2D eigenvalue weighted by Gasteiger charge is 2.17. The zero-order valence-corrected chi connectivity index (χ0v) is 13.5. The Balaban J connectivity index is 1.52. The fraction of sp³-hybridized carbons (Fsp3) is 0.188. The van der Waals surface area contributed by atoms with E-state index in [0.29, 0.717) is 28.0 Å². The van der Waals surface area contributed by atoms with Crippen LogP contribution in [0.25, 0.3) is 0 Å². The van der Waals surface area contributed by atoms with Gasteiger partial charge in [0.05, 0.1) is 16.5 Å². The second kappa shape index (κ2) is 7.10. The summed E-state index contributed by atoms with van der Waals surface area (Å²) in [5, 5.41) is 3.14. The summed E-state index contributed by atoms with van der Waals surface area (Å²) in [7, 11) is 0. The lowest BCUT2D eigenvalue weighted by molar-refractivity contribution is -0.113. The number of halogens is 2. The molecule has 0 unspecified atom stereocenters. The molecule has 0 saturated heterocycles. The Hall–Kier alpha value is -1.92. The molecule has 0 spiro atoms. The van der Waals surface area contributed by atoms with Crippen LogP contribution in [-0.4, -0.2) is 18.5 Å². The monoisotopic (exact) mass is 353 g/mol. The summed E-state index contributed by atoms with van der Waals surface area (Å²) in [5.41, 5.74) is 1.45. The van der Waals surface area contributed by atoms with E-state index in [2.05, 4.69) is 5.32 Å². The van der Waals surface area contributed by atoms with Gasteiger partial charge in [-0.15, -0.1) is 11.8 Å². The van der Waals surface area contributed by atoms with Gasteiger partial charge in [-0.2, -0.15) is 0 Å². The summed E-state index contributed by atoms with van der Waals surface area (Å²) in [5.74, 6) is 1.58. The van der Waals surface area contributed by atoms with E-state index in [4.69, 9.17) is 21.1 Å². The molecule has 0 fully saturated rings. The third-order valence-electron chi connectivity index (χ3n) is 3.15. The van der Waals surface area contributed by atoms with Crippen LogP contribution in [0.15, 0.2) is 36.4 Å². The third-order valence-corrected chi connectivity index (χ3v) is 4.47. The first kappa shape index (κ1) is 16.0. The van der Waals surface area contributed by atoms with E-state index in [1.54, 1.807) is 24.3 Å². The Morgan fingerprint density at radius 3 is 2.65 bits per heavy atom. The van der Waals surface area contributed by atoms with Crippen molar-refractivity contribution < 1.29 is 18.7 Å². The number of carbonyl (C=O) groups excluding carboxylic acids is 1. The van der Waals surface area contributed by atoms with Crippen molar-refractivity contribution in [2.45, 2.75) is 5.75 Å². The Bertz CT molecular complexity index is 724. The maximum absolute atomic E-state index is 12.8. The Morgan fingerprint density at radius 1 is 1.22 bits per heavy atom. The number of amides is 1. The summed E-state index contributed by atoms with van der Waals surface area (Å²) in [6, 6.07) is 9.48. The zero-order chi connectivity index (χ0) is 16.2. The highest BCUT2D eigenvalue weighted by atomic mass is 35.5. The van der Waals surface area contributed by atoms with E-state index in [1.165, 1.54) is 23.9 Å². The quantitative estimate of drug-likeness (QED) is 0.879. The Kier molecular flexibility index (Phi) is 4.93. The maximum Gasteiger partial charge on any atom is 0.234 e. The molecule has 0 aromatic heterocycles. The minimum atomic E-state index is -0.269. The van der Waals surface area contributed by atoms with E-state index in [9.17, 15) is 9.18 Å². The van der Waals surface area contributed by atoms with Crippen molar-refractivity contribution >= 4 is 35.0 Å². The van der Waals surface area contributed by atoms with Gasteiger partial charge >= 0.3 is 0 Å². The smallest absolute Gasteiger partial charge is 0.234 e. The molecule has 2 aromatic rings. The number of fused-ring (bicyclic) bond motifs is 1. The van der Waals surface area contributed by atoms with Crippen LogP contribution in [-0.2, 0) is 10.5 Å². The Labute approximate surface area is 141 Å². The van der Waals surface area contributed by atoms with Crippen LogP contribution >= 0.6 is 23.4 Å². The second-order valence-electron chi connectivity index (χ2n) is 4.85. The Morgan fingerprint density at radius 2 is 1.91 bits per heavy atom. The van der Waals surface area contributed by atoms with E-state index in [-0.39, 0.29) is 24.3 Å². The highest BCUT2D eigenvalue weighted by Crippen LogP contribution is 2.39. The molecule has 1 aliphatic heterocycles. The molecule has 0 saturated carbocycles. The van der Waals surface area contributed by atoms with Crippen LogP contribution < -0.4 is 14.8 Å². The summed E-state index contributed by atoms with van der Waals surface area (Å²) in [4.78, 5) is 12.0. The van der Waals surface area contributed by atoms with Crippen molar-refractivity contribution in [3.63, 3.8) is 0 Å². The number of carbonyl (C=O) groups is 1. The van der Waals surface area contributed by atoms with Crippen LogP contribution in [0.5, 0.6) is 11.5 Å². The van der Waals surface area contributed by atoms with Crippen molar-refractivity contribution in [3.05, 3.63) is 52.8 Å². The lowest BCUT2D eigenvalue weighted by Gasteiger charge is -2.08. The molecule has 1 amide bonds. The predicted molar refractivity (Wildman–Crippen MR) is 88.8 cm³/mol. The standard InChI is InChI=1S/C16H13ClFNO3S/c17-12-5-14-15(22-9-21-14)6-13(12)19-16(20)8-23-7-10-1-3-11(18)4-2-10/h1-6H,7-9H2,(H,19,20). The molecule has 4 nitrogen and oxygen atoms in total. The van der Waals surface area contributed by atoms with Crippen LogP contribution in [0, 0.1) is 5.82 Å². The predicted octanol–water partition coefficient (Wildman–Crippen LogP) is 4.08. The van der Waals surface area contributed by atoms with Crippen molar-refractivity contribution in [1.82, 2.24) is 0 Å². The molecule has 2 aromatic carbocycles. The minimum absolute atomic E-state index is 0.149. The highest BCUT2D eigenvalue weighted by molar-refractivity contribution is 7.99. The van der Waals surface area contributed by atoms with Crippen molar-refractivity contribution in [3.8, 4) is 11.5 Å². The number of hydrogen-bond acceptors (Lipinski definition) is 4. The van der Waals surface area contributed by atoms with Gasteiger partial charge in [0.25, 0.3) is 0 Å². The largest absolute Gasteiger partial charge is 0.454 e. The lowest BCUT2D eigenvalue weighted by atomic mass is 10.2. The van der Waals surface area contributed by atoms with Crippen molar-refractivity contribution in [2.75, 3.05) is 17.9 Å². The number of nitrogens with one attached hydrogen (secondary N) is 1. The van der Waals surface area contributed by atoms with E-state index >= 15 is 0 Å². The summed E-state index contributed by atoms with van der Waals surface area (Å²) in [6.07, 6.45) is 0. The molecule has 0 radical (unpaired) electrons. The summed E-state index contributed by atoms with van der Waals surface area (Å²) >= 11 is 7.54. The molecule has 3 rings (SSSR count). The van der Waals surface area contributed by atoms with E-state index in [1.807, 2.05) is 0 Å². The van der Waals surface area contributed by atoms with Crippen LogP contribution in [0.1, 0.15) is 5.56 Å². The number of ether oxygens (including phenoxy) is 2. The molecule has 1 heterocycles. The molecular formula is C16H13ClFNO3S. The fourth-order valence-electron chi connectivity index (χ4n) is 2.04. The van der Waals surface area contributed by atoms with Crippen LogP contribution in [0.4, 0.5) is 10.1 Å². The molecule has 0 bridgehead atoms. The number of benzene rings is 2. The van der Waals surface area contributed by atoms with Crippen molar-refractivity contribution in [1.29, 1.82) is 0 Å². The molecule has 1 aliphatic rings. The molecule has 1 N–H and O–H groups in total. The third kappa shape index (κ3) is 4.09. The first-order valence-corrected chi connectivity index (χ1v) is 8.36. The van der Waals surface area contributed by atoms with E-state index < -0.39 is 0 Å². The first-order chi connectivity index (χ1) is 11.1. The molecule has 23 heavy (non-hydrogen) atoms. The maximum atomic E-state index is 12.8. The van der Waals surface area contributed by atoms with Gasteiger partial charge in [0, 0.05) is 17.9 Å². The number of hydrogen-bond donors (Lipinski definition) is 1. The average molecular weight is 354 g/mol. The van der Waals surface area contributed by atoms with Gasteiger partial charge in [0.1, 0.15) is 5.82 Å². The summed E-state index contributed by atoms with van der Waals surface area (Å²) < 4.78 is 23.3. The number of anilines is 1. The molecule has 7 heteroatoms. The van der Waals surface area contributed by atoms with Gasteiger partial charge in [0.15, 0.2) is 11.5 Å². The lowest BCUT2D eigenvalue weighted by Crippen LogP contribution is -2.14. The molecule has 0 atom stereocenters. The average Bonchev–Trinajstić information content (AvgIpc) is 2.97. The minimum Gasteiger partial charge on any atom is -0.454 e. The topological polar surface area (TPSA) is 47.6 Å².